The van der Waals surface area contributed by atoms with E-state index in [1.54, 1.807) is 46.1 Å². The van der Waals surface area contributed by atoms with Crippen LogP contribution in [0.25, 0.3) is 0 Å². The van der Waals surface area contributed by atoms with Crippen molar-refractivity contribution in [2.75, 3.05) is 25.7 Å². The summed E-state index contributed by atoms with van der Waals surface area (Å²) in [5.74, 6) is -2.50. The third-order valence-electron chi connectivity index (χ3n) is 5.77. The van der Waals surface area contributed by atoms with Crippen LogP contribution in [0.2, 0.25) is 0 Å². The van der Waals surface area contributed by atoms with Crippen LogP contribution in [0.15, 0.2) is 36.5 Å². The highest BCUT2D eigenvalue weighted by Crippen LogP contribution is 2.44. The van der Waals surface area contributed by atoms with Gasteiger partial charge in [-0.25, -0.2) is 13.6 Å². The van der Waals surface area contributed by atoms with Gasteiger partial charge in [-0.15, -0.1) is 5.10 Å². The first-order chi connectivity index (χ1) is 17.4. The Kier molecular flexibility index (Phi) is 9.01. The number of alkyl halides is 2. The van der Waals surface area contributed by atoms with E-state index in [4.69, 9.17) is 14.2 Å². The number of amides is 2. The molecule has 0 aliphatic heterocycles. The molecule has 3 rings (SSSR count). The monoisotopic (exact) mass is 520 g/mol. The van der Waals surface area contributed by atoms with Crippen LogP contribution in [0.1, 0.15) is 57.2 Å². The number of methoxy groups -OCH3 is 2. The molecule has 1 fully saturated rings. The Labute approximate surface area is 215 Å². The molecule has 202 valence electrons. The molecule has 0 bridgehead atoms. The summed E-state index contributed by atoms with van der Waals surface area (Å²) in [6.07, 6.45) is 0.279. The van der Waals surface area contributed by atoms with Gasteiger partial charge in [-0.2, -0.15) is 5.10 Å². The highest BCUT2D eigenvalue weighted by atomic mass is 19.3. The molecule has 0 spiro atoms. The first-order valence-electron chi connectivity index (χ1n) is 12.0. The molecule has 1 aromatic carbocycles. The van der Waals surface area contributed by atoms with Gasteiger partial charge in [0.05, 0.1) is 32.5 Å². The number of aromatic nitrogens is 2. The summed E-state index contributed by atoms with van der Waals surface area (Å²) < 4.78 is 42.4. The molecule has 1 saturated carbocycles. The average molecular weight is 521 g/mol. The summed E-state index contributed by atoms with van der Waals surface area (Å²) in [7, 11) is 3.05. The van der Waals surface area contributed by atoms with E-state index in [2.05, 4.69) is 15.5 Å². The molecule has 1 N–H and O–H groups in total. The lowest BCUT2D eigenvalue weighted by Gasteiger charge is -2.34. The molecule has 1 aliphatic carbocycles. The summed E-state index contributed by atoms with van der Waals surface area (Å²) in [5, 5.41) is 11.0. The van der Waals surface area contributed by atoms with Crippen LogP contribution in [0.3, 0.4) is 0 Å². The number of carbonyl (C=O) groups excluding carboxylic acids is 2. The molecule has 9 nitrogen and oxygen atoms in total. The van der Waals surface area contributed by atoms with Gasteiger partial charge in [-0.05, 0) is 50.5 Å². The summed E-state index contributed by atoms with van der Waals surface area (Å²) in [5.41, 5.74) is 0.603. The third-order valence-corrected chi connectivity index (χ3v) is 5.77. The Bertz CT molecular complexity index is 1070. The van der Waals surface area contributed by atoms with Crippen molar-refractivity contribution < 1.29 is 32.6 Å². The van der Waals surface area contributed by atoms with Crippen molar-refractivity contribution in [1.82, 2.24) is 15.5 Å². The molecular formula is C26H34F2N4O5. The number of benzene rings is 1. The number of ether oxygens (including phenoxy) is 3. The van der Waals surface area contributed by atoms with Crippen molar-refractivity contribution >= 4 is 17.8 Å². The maximum atomic E-state index is 13.2. The maximum absolute atomic E-state index is 13.2. The second-order valence-electron chi connectivity index (χ2n) is 10.2. The lowest BCUT2D eigenvalue weighted by molar-refractivity contribution is -0.134. The molecule has 1 aromatic heterocycles. The van der Waals surface area contributed by atoms with Crippen molar-refractivity contribution in [3.05, 3.63) is 47.7 Å². The van der Waals surface area contributed by atoms with E-state index < -0.39 is 23.7 Å². The Morgan fingerprint density at radius 1 is 1.19 bits per heavy atom. The quantitative estimate of drug-likeness (QED) is 0.486. The minimum atomic E-state index is -2.68. The lowest BCUT2D eigenvalue weighted by atomic mass is 9.79. The fourth-order valence-corrected chi connectivity index (χ4v) is 3.99. The summed E-state index contributed by atoms with van der Waals surface area (Å²) in [6, 6.07) is 8.23. The third kappa shape index (κ3) is 8.34. The number of hydrogen-bond acceptors (Lipinski definition) is 7. The lowest BCUT2D eigenvalue weighted by Crippen LogP contribution is -2.40. The second-order valence-corrected chi connectivity index (χ2v) is 10.2. The van der Waals surface area contributed by atoms with E-state index in [0.29, 0.717) is 11.3 Å². The minimum absolute atomic E-state index is 0.00266. The standard InChI is InChI=1S/C26H34F2N4O5/c1-25(2,3)37-24(34)32(15-17-6-8-20(36-5)9-7-17)22-11-19(14-29-31-22)21(16-35-4)30-23(33)10-18-12-26(27,28)13-18/h6-9,11,14,18,21H,10,12-13,15-16H2,1-5H3,(H,30,33)/t21-/m1/s1. The van der Waals surface area contributed by atoms with Crippen molar-refractivity contribution in [2.45, 2.75) is 64.1 Å². The molecule has 0 unspecified atom stereocenters. The van der Waals surface area contributed by atoms with Gasteiger partial charge in [0, 0.05) is 31.9 Å². The van der Waals surface area contributed by atoms with Gasteiger partial charge in [0.15, 0.2) is 5.82 Å². The maximum Gasteiger partial charge on any atom is 0.416 e. The molecule has 11 heteroatoms. The number of nitrogens with one attached hydrogen (secondary N) is 1. The van der Waals surface area contributed by atoms with Gasteiger partial charge in [-0.3, -0.25) is 9.69 Å². The number of hydrogen-bond donors (Lipinski definition) is 1. The zero-order valence-corrected chi connectivity index (χ0v) is 21.8. The number of nitrogens with zero attached hydrogens (tertiary/aromatic N) is 3. The SMILES string of the molecule is COC[C@@H](NC(=O)CC1CC(F)(F)C1)c1cnnc(N(Cc2ccc(OC)cc2)C(=O)OC(C)(C)C)c1. The van der Waals surface area contributed by atoms with E-state index in [1.165, 1.54) is 18.2 Å². The predicted octanol–water partition coefficient (Wildman–Crippen LogP) is 4.67. The van der Waals surface area contributed by atoms with Gasteiger partial charge in [0.2, 0.25) is 11.8 Å². The second kappa shape index (κ2) is 11.8. The number of carbonyl (C=O) groups is 2. The number of rotatable bonds is 10. The average Bonchev–Trinajstić information content (AvgIpc) is 2.80. The van der Waals surface area contributed by atoms with E-state index in [1.807, 2.05) is 12.1 Å². The molecule has 1 heterocycles. The predicted molar refractivity (Wildman–Crippen MR) is 132 cm³/mol. The number of halogens is 2. The smallest absolute Gasteiger partial charge is 0.416 e. The van der Waals surface area contributed by atoms with Crippen molar-refractivity contribution in [1.29, 1.82) is 0 Å². The van der Waals surface area contributed by atoms with E-state index in [9.17, 15) is 18.4 Å². The normalized spacial score (nSPS) is 15.9. The van der Waals surface area contributed by atoms with Gasteiger partial charge in [0.25, 0.3) is 0 Å². The fourth-order valence-electron chi connectivity index (χ4n) is 3.99. The zero-order valence-electron chi connectivity index (χ0n) is 21.8. The van der Waals surface area contributed by atoms with Crippen LogP contribution in [0.5, 0.6) is 5.75 Å². The van der Waals surface area contributed by atoms with Crippen LogP contribution >= 0.6 is 0 Å². The van der Waals surface area contributed by atoms with Crippen LogP contribution < -0.4 is 15.0 Å². The first kappa shape index (κ1) is 28.2. The molecule has 1 aliphatic rings. The van der Waals surface area contributed by atoms with Gasteiger partial charge in [-0.1, -0.05) is 12.1 Å². The topological polar surface area (TPSA) is 103 Å². The van der Waals surface area contributed by atoms with Crippen LogP contribution in [0.4, 0.5) is 19.4 Å². The summed E-state index contributed by atoms with van der Waals surface area (Å²) in [6.45, 7) is 5.55. The van der Waals surface area contributed by atoms with E-state index in [-0.39, 0.29) is 50.1 Å². The van der Waals surface area contributed by atoms with Crippen LogP contribution in [0, 0.1) is 5.92 Å². The van der Waals surface area contributed by atoms with Crippen molar-refractivity contribution in [3.8, 4) is 5.75 Å². The summed E-state index contributed by atoms with van der Waals surface area (Å²) in [4.78, 5) is 27.0. The zero-order chi connectivity index (χ0) is 27.2. The highest BCUT2D eigenvalue weighted by Gasteiger charge is 2.45. The molecule has 0 radical (unpaired) electrons. The molecule has 1 atom stereocenters. The highest BCUT2D eigenvalue weighted by molar-refractivity contribution is 5.86. The fraction of sp³-hybridized carbons (Fsp3) is 0.538. The van der Waals surface area contributed by atoms with Crippen molar-refractivity contribution in [3.63, 3.8) is 0 Å². The van der Waals surface area contributed by atoms with E-state index in [0.717, 1.165) is 5.56 Å². The van der Waals surface area contributed by atoms with E-state index >= 15 is 0 Å². The number of anilines is 1. The Hall–Kier alpha value is -3.34. The largest absolute Gasteiger partial charge is 0.497 e. The Morgan fingerprint density at radius 2 is 1.86 bits per heavy atom. The molecule has 37 heavy (non-hydrogen) atoms. The molecule has 2 amide bonds. The first-order valence-corrected chi connectivity index (χ1v) is 12.0. The van der Waals surface area contributed by atoms with Gasteiger partial charge >= 0.3 is 6.09 Å². The molecule has 2 aromatic rings. The van der Waals surface area contributed by atoms with Gasteiger partial charge < -0.3 is 19.5 Å². The van der Waals surface area contributed by atoms with Crippen LogP contribution in [-0.4, -0.2) is 54.5 Å². The van der Waals surface area contributed by atoms with Crippen LogP contribution in [-0.2, 0) is 20.8 Å². The Morgan fingerprint density at radius 3 is 2.43 bits per heavy atom. The summed E-state index contributed by atoms with van der Waals surface area (Å²) >= 11 is 0. The Balaban J connectivity index is 1.82. The minimum Gasteiger partial charge on any atom is -0.497 e. The molecular weight excluding hydrogens is 486 g/mol. The molecule has 0 saturated heterocycles. The van der Waals surface area contributed by atoms with Gasteiger partial charge in [0.1, 0.15) is 11.4 Å². The van der Waals surface area contributed by atoms with Crippen molar-refractivity contribution in [2.24, 2.45) is 5.92 Å².